The Bertz CT molecular complexity index is 1670. The predicted octanol–water partition coefficient (Wildman–Crippen LogP) is 13.9. The maximum atomic E-state index is 5.09. The van der Waals surface area contributed by atoms with E-state index in [1.54, 1.807) is 95.1 Å². The summed E-state index contributed by atoms with van der Waals surface area (Å²) in [6.07, 6.45) is 17.8. The Labute approximate surface area is 353 Å². The number of methoxy groups -OCH3 is 1. The number of H-pyrrole nitrogens is 1. The highest BCUT2D eigenvalue weighted by Gasteiger charge is 1.98. The summed E-state index contributed by atoms with van der Waals surface area (Å²) in [6.45, 7) is 12.2. The Morgan fingerprint density at radius 3 is 1.68 bits per heavy atom. The Balaban J connectivity index is 0.000000317. The molecule has 9 aromatic heterocycles. The van der Waals surface area contributed by atoms with Crippen LogP contribution in [0.5, 0.6) is 5.75 Å². The van der Waals surface area contributed by atoms with Crippen LogP contribution in [0, 0.1) is 27.7 Å². The van der Waals surface area contributed by atoms with Crippen molar-refractivity contribution in [2.75, 3.05) is 7.11 Å². The first-order valence-electron chi connectivity index (χ1n) is 17.5. The standard InChI is InChI=1S/C7H10OS.C6H8S.C5H6O.C5H6S.C4H6N2.C4H5NO.C4H5NS.C4H5N.C4H4S/c1-3-6-4-9-5-7(6)8-2;1-2-6-3-4-7-5-6;2*1-5-2-3-6-4-5;1-6-3-2-5-4-6;2*1-4-2-6-3-5-4;2*1-2-4-5-3-1/h4-5H,3H2,1-2H3;3-5H,2H2,1H3;3*2-4H,1H3;2*2-3H,1H3;1-5H;1-4H. The van der Waals surface area contributed by atoms with Gasteiger partial charge in [-0.2, -0.15) is 34.0 Å². The molecule has 0 amide bonds. The average molecular weight is 850 g/mol. The van der Waals surface area contributed by atoms with Crippen LogP contribution in [-0.2, 0) is 19.9 Å². The van der Waals surface area contributed by atoms with Gasteiger partial charge in [-0.1, -0.05) is 26.0 Å². The summed E-state index contributed by atoms with van der Waals surface area (Å²) >= 11 is 8.54. The van der Waals surface area contributed by atoms with Gasteiger partial charge in [0.05, 0.1) is 37.2 Å². The van der Waals surface area contributed by atoms with Gasteiger partial charge in [-0.15, -0.1) is 22.7 Å². The molecule has 0 aromatic carbocycles. The molecule has 8 nitrogen and oxygen atoms in total. The second-order valence-electron chi connectivity index (χ2n) is 11.1. The van der Waals surface area contributed by atoms with Gasteiger partial charge in [0.2, 0.25) is 0 Å². The maximum absolute atomic E-state index is 5.09. The lowest BCUT2D eigenvalue weighted by Gasteiger charge is -1.96. The number of rotatable bonds is 3. The lowest BCUT2D eigenvalue weighted by Crippen LogP contribution is -1.83. The minimum atomic E-state index is 0.926. The highest BCUT2D eigenvalue weighted by molar-refractivity contribution is 7.08. The first-order valence-corrected chi connectivity index (χ1v) is 22.2. The summed E-state index contributed by atoms with van der Waals surface area (Å²) in [5.41, 5.74) is 9.16. The van der Waals surface area contributed by atoms with Crippen LogP contribution in [0.1, 0.15) is 47.5 Å². The number of hydrogen-bond donors (Lipinski definition) is 1. The molecule has 13 heteroatoms. The van der Waals surface area contributed by atoms with Crippen molar-refractivity contribution in [3.63, 3.8) is 0 Å². The highest BCUT2D eigenvalue weighted by atomic mass is 32.1. The minimum absolute atomic E-state index is 0.926. The van der Waals surface area contributed by atoms with E-state index < -0.39 is 0 Å². The van der Waals surface area contributed by atoms with Crippen LogP contribution in [0.2, 0.25) is 0 Å². The quantitative estimate of drug-likeness (QED) is 0.190. The number of oxazole rings is 1. The van der Waals surface area contributed by atoms with E-state index >= 15 is 0 Å². The fraction of sp³-hybridized carbons (Fsp3) is 0.233. The molecule has 0 unspecified atom stereocenters. The maximum Gasteiger partial charge on any atom is 0.180 e. The number of thiazole rings is 1. The lowest BCUT2D eigenvalue weighted by molar-refractivity contribution is 0.412. The number of nitrogens with one attached hydrogen (secondary N) is 1. The Hall–Kier alpha value is -4.79. The van der Waals surface area contributed by atoms with Crippen LogP contribution in [0.25, 0.3) is 0 Å². The fourth-order valence-corrected chi connectivity index (χ4v) is 6.59. The highest BCUT2D eigenvalue weighted by Crippen LogP contribution is 2.22. The Kier molecular flexibility index (Phi) is 30.5. The van der Waals surface area contributed by atoms with Crippen molar-refractivity contribution in [1.82, 2.24) is 24.5 Å². The van der Waals surface area contributed by atoms with E-state index in [0.717, 1.165) is 23.6 Å². The minimum Gasteiger partial charge on any atom is -0.496 e. The first-order chi connectivity index (χ1) is 27.3. The molecule has 0 radical (unpaired) electrons. The van der Waals surface area contributed by atoms with E-state index in [4.69, 9.17) is 9.15 Å². The van der Waals surface area contributed by atoms with Gasteiger partial charge < -0.3 is 23.1 Å². The number of aryl methyl sites for hydroxylation is 7. The molecule has 0 aliphatic carbocycles. The molecule has 0 spiro atoms. The molecule has 9 aromatic rings. The number of aromatic nitrogens is 5. The van der Waals surface area contributed by atoms with Gasteiger partial charge in [0.25, 0.3) is 0 Å². The van der Waals surface area contributed by atoms with Gasteiger partial charge in [0, 0.05) is 53.9 Å². The molecule has 0 aliphatic rings. The van der Waals surface area contributed by atoms with E-state index in [2.05, 4.69) is 84.2 Å². The zero-order valence-electron chi connectivity index (χ0n) is 33.5. The third-order valence-electron chi connectivity index (χ3n) is 6.29. The van der Waals surface area contributed by atoms with Gasteiger partial charge in [0.15, 0.2) is 6.39 Å². The molecule has 56 heavy (non-hydrogen) atoms. The molecular weight excluding hydrogens is 795 g/mol. The van der Waals surface area contributed by atoms with Crippen LogP contribution in [-0.4, -0.2) is 31.6 Å². The molecule has 0 saturated carbocycles. The lowest BCUT2D eigenvalue weighted by atomic mass is 10.2. The van der Waals surface area contributed by atoms with Crippen LogP contribution in [0.3, 0.4) is 0 Å². The first kappa shape index (κ1) is 49.2. The van der Waals surface area contributed by atoms with E-state index in [1.807, 2.05) is 108 Å². The molecule has 0 saturated heterocycles. The third-order valence-corrected chi connectivity index (χ3v) is 9.92. The summed E-state index contributed by atoms with van der Waals surface area (Å²) in [6, 6.07) is 14.1. The van der Waals surface area contributed by atoms with Gasteiger partial charge in [0.1, 0.15) is 12.0 Å². The molecule has 0 aliphatic heterocycles. The number of furan rings is 1. The number of hydrogen-bond acceptors (Lipinski definition) is 11. The van der Waals surface area contributed by atoms with Crippen molar-refractivity contribution >= 4 is 56.7 Å². The second kappa shape index (κ2) is 34.7. The Morgan fingerprint density at radius 1 is 0.696 bits per heavy atom. The molecule has 9 heterocycles. The average Bonchev–Trinajstić information content (AvgIpc) is 4.07. The summed E-state index contributed by atoms with van der Waals surface area (Å²) in [5.74, 6) is 1.03. The van der Waals surface area contributed by atoms with Crippen LogP contribution < -0.4 is 4.74 Å². The molecular formula is C43H55N5O3S5. The number of ether oxygens (including phenoxy) is 1. The van der Waals surface area contributed by atoms with E-state index in [1.165, 1.54) is 35.1 Å². The summed E-state index contributed by atoms with van der Waals surface area (Å²) in [5, 5.41) is 18.7. The van der Waals surface area contributed by atoms with Crippen molar-refractivity contribution in [3.8, 4) is 5.75 Å². The summed E-state index contributed by atoms with van der Waals surface area (Å²) in [7, 11) is 3.65. The van der Waals surface area contributed by atoms with Crippen LogP contribution >= 0.6 is 56.7 Å². The van der Waals surface area contributed by atoms with Crippen molar-refractivity contribution in [2.45, 2.75) is 54.4 Å². The largest absolute Gasteiger partial charge is 0.496 e. The zero-order valence-corrected chi connectivity index (χ0v) is 37.6. The van der Waals surface area contributed by atoms with Gasteiger partial charge in [-0.3, -0.25) is 4.98 Å². The number of thiophene rings is 4. The van der Waals surface area contributed by atoms with Crippen LogP contribution in [0.4, 0.5) is 0 Å². The normalized spacial score (nSPS) is 8.86. The third kappa shape index (κ3) is 28.6. The number of aromatic amines is 1. The van der Waals surface area contributed by atoms with E-state index in [-0.39, 0.29) is 0 Å². The van der Waals surface area contributed by atoms with Gasteiger partial charge >= 0.3 is 0 Å². The molecule has 0 fully saturated rings. The predicted molar refractivity (Wildman–Crippen MR) is 243 cm³/mol. The van der Waals surface area contributed by atoms with Crippen molar-refractivity contribution < 1.29 is 13.6 Å². The zero-order chi connectivity index (χ0) is 40.9. The van der Waals surface area contributed by atoms with E-state index in [9.17, 15) is 0 Å². The van der Waals surface area contributed by atoms with E-state index in [0.29, 0.717) is 0 Å². The molecule has 0 bridgehead atoms. The SMILES string of the molecule is CCc1ccsc1.CCc1cscc1OC.Cc1ccoc1.Cc1ccsc1.Cc1cocn1.Cc1cscn1.Cn1ccnc1.c1cc[nH]c1.c1ccsc1. The monoisotopic (exact) mass is 849 g/mol. The van der Waals surface area contributed by atoms with Crippen molar-refractivity contribution in [2.24, 2.45) is 7.05 Å². The molecule has 9 rings (SSSR count). The summed E-state index contributed by atoms with van der Waals surface area (Å²) in [4.78, 5) is 14.3. The number of imidazole rings is 1. The molecule has 0 atom stereocenters. The van der Waals surface area contributed by atoms with Crippen molar-refractivity contribution in [1.29, 1.82) is 0 Å². The van der Waals surface area contributed by atoms with Gasteiger partial charge in [-0.25, -0.2) is 9.97 Å². The number of nitrogens with zero attached hydrogens (tertiary/aromatic N) is 4. The Morgan fingerprint density at radius 2 is 1.45 bits per heavy atom. The summed E-state index contributed by atoms with van der Waals surface area (Å²) < 4.78 is 16.3. The fourth-order valence-electron chi connectivity index (χ4n) is 3.28. The molecule has 1 N–H and O–H groups in total. The topological polar surface area (TPSA) is 94.9 Å². The van der Waals surface area contributed by atoms with Crippen molar-refractivity contribution in [3.05, 3.63) is 186 Å². The van der Waals surface area contributed by atoms with Crippen LogP contribution in [0.15, 0.2) is 162 Å². The van der Waals surface area contributed by atoms with Gasteiger partial charge in [-0.05, 0) is 125 Å². The second-order valence-corrected chi connectivity index (χ2v) is 14.9. The smallest absolute Gasteiger partial charge is 0.180 e. The molecule has 300 valence electrons.